The summed E-state index contributed by atoms with van der Waals surface area (Å²) in [6.07, 6.45) is 4.47. The van der Waals surface area contributed by atoms with E-state index in [9.17, 15) is 17.2 Å². The van der Waals surface area contributed by atoms with Crippen LogP contribution in [0, 0.1) is 5.92 Å². The van der Waals surface area contributed by atoms with Crippen LogP contribution >= 0.6 is 0 Å². The van der Waals surface area contributed by atoms with Crippen LogP contribution in [0.1, 0.15) is 24.6 Å². The third-order valence-corrected chi connectivity index (χ3v) is 7.50. The average Bonchev–Trinajstić information content (AvgIpc) is 3.01. The number of rotatable bonds is 7. The van der Waals surface area contributed by atoms with E-state index in [-0.39, 0.29) is 37.0 Å². The van der Waals surface area contributed by atoms with Crippen LogP contribution in [-0.2, 0) is 14.8 Å². The largest absolute Gasteiger partial charge is 0.346 e. The van der Waals surface area contributed by atoms with Gasteiger partial charge < -0.3 is 14.6 Å². The number of alkyl halides is 2. The van der Waals surface area contributed by atoms with Gasteiger partial charge in [-0.15, -0.1) is 0 Å². The van der Waals surface area contributed by atoms with Gasteiger partial charge in [-0.3, -0.25) is 5.32 Å². The summed E-state index contributed by atoms with van der Waals surface area (Å²) in [7, 11) is -1.54. The molecule has 2 fully saturated rings. The van der Waals surface area contributed by atoms with Gasteiger partial charge in [-0.2, -0.15) is 13.1 Å². The number of aliphatic imine (C=N–C) groups is 1. The van der Waals surface area contributed by atoms with Gasteiger partial charge in [0.05, 0.1) is 18.2 Å². The Morgan fingerprint density at radius 2 is 2.15 bits per heavy atom. The van der Waals surface area contributed by atoms with Crippen molar-refractivity contribution in [3.05, 3.63) is 17.8 Å². The minimum atomic E-state index is -3.43. The molecule has 0 spiro atoms. The maximum atomic E-state index is 12.4. The maximum absolute atomic E-state index is 12.4. The maximum Gasteiger partial charge on any atom is 0.345 e. The Morgan fingerprint density at radius 3 is 2.81 bits per heavy atom. The van der Waals surface area contributed by atoms with Gasteiger partial charge in [0.2, 0.25) is 10.0 Å². The molecule has 2 aliphatic heterocycles. The number of H-pyrrole nitrogens is 1. The summed E-state index contributed by atoms with van der Waals surface area (Å²) in [5, 5.41) is 3.28. The number of fused-ring (bicyclic) bond motifs is 1. The lowest BCUT2D eigenvalue weighted by Gasteiger charge is -2.47. The van der Waals surface area contributed by atoms with E-state index in [1.54, 1.807) is 6.34 Å². The Hall–Kier alpha value is -1.56. The van der Waals surface area contributed by atoms with Crippen LogP contribution in [0.25, 0.3) is 0 Å². The molecule has 3 aliphatic rings. The van der Waals surface area contributed by atoms with Crippen molar-refractivity contribution in [3.8, 4) is 0 Å². The molecular formula is C16H23F2N5O3S. The zero-order valence-electron chi connectivity index (χ0n) is 14.9. The molecule has 1 saturated heterocycles. The monoisotopic (exact) mass is 403 g/mol. The number of nitrogens with one attached hydrogen (secondary N) is 2. The standard InChI is InChI=1S/C16H23F2N5O3S/c1-19-15-13-2-3-20-14(13)21-9-23(15)11-4-10(5-11)8-27(24,25)22-6-12(7-22)26-16(17)18/h2-3,9-12,15-16,19-20H,4-8H2,1H3. The summed E-state index contributed by atoms with van der Waals surface area (Å²) in [6.45, 7) is -2.83. The molecule has 27 heavy (non-hydrogen) atoms. The summed E-state index contributed by atoms with van der Waals surface area (Å²) in [5.74, 6) is 0.950. The first-order valence-electron chi connectivity index (χ1n) is 8.95. The number of aromatic amines is 1. The van der Waals surface area contributed by atoms with E-state index in [2.05, 4.69) is 24.9 Å². The van der Waals surface area contributed by atoms with Crippen LogP contribution in [0.5, 0.6) is 0 Å². The summed E-state index contributed by atoms with van der Waals surface area (Å²) in [5.41, 5.74) is 1.07. The van der Waals surface area contributed by atoms with Crippen molar-refractivity contribution in [2.45, 2.75) is 37.8 Å². The molecule has 1 saturated carbocycles. The highest BCUT2D eigenvalue weighted by molar-refractivity contribution is 7.89. The highest BCUT2D eigenvalue weighted by Gasteiger charge is 2.43. The lowest BCUT2D eigenvalue weighted by molar-refractivity contribution is -0.185. The zero-order valence-corrected chi connectivity index (χ0v) is 15.7. The summed E-state index contributed by atoms with van der Waals surface area (Å²) < 4.78 is 54.7. The molecule has 2 N–H and O–H groups in total. The van der Waals surface area contributed by atoms with Crippen molar-refractivity contribution < 1.29 is 21.9 Å². The molecule has 0 radical (unpaired) electrons. The lowest BCUT2D eigenvalue weighted by atomic mass is 9.80. The summed E-state index contributed by atoms with van der Waals surface area (Å²) in [4.78, 5) is 9.65. The topological polar surface area (TPSA) is 90.0 Å². The molecule has 1 aromatic rings. The number of halogens is 2. The van der Waals surface area contributed by atoms with E-state index in [0.29, 0.717) is 0 Å². The Balaban J connectivity index is 1.29. The molecule has 0 amide bonds. The fourth-order valence-electron chi connectivity index (χ4n) is 4.01. The average molecular weight is 403 g/mol. The molecule has 150 valence electrons. The molecule has 3 heterocycles. The van der Waals surface area contributed by atoms with Gasteiger partial charge in [0, 0.05) is 30.9 Å². The van der Waals surface area contributed by atoms with Crippen molar-refractivity contribution in [3.63, 3.8) is 0 Å². The second kappa shape index (κ2) is 7.12. The first kappa shape index (κ1) is 18.8. The van der Waals surface area contributed by atoms with Gasteiger partial charge >= 0.3 is 6.61 Å². The van der Waals surface area contributed by atoms with Crippen LogP contribution in [0.15, 0.2) is 17.3 Å². The number of hydrogen-bond acceptors (Lipinski definition) is 6. The predicted molar refractivity (Wildman–Crippen MR) is 95.3 cm³/mol. The molecular weight excluding hydrogens is 380 g/mol. The number of ether oxygens (including phenoxy) is 1. The summed E-state index contributed by atoms with van der Waals surface area (Å²) in [6, 6.07) is 2.21. The Kier molecular flexibility index (Phi) is 4.95. The van der Waals surface area contributed by atoms with Crippen LogP contribution < -0.4 is 5.32 Å². The number of aromatic nitrogens is 1. The van der Waals surface area contributed by atoms with E-state index in [4.69, 9.17) is 0 Å². The van der Waals surface area contributed by atoms with E-state index in [1.807, 2.05) is 19.3 Å². The van der Waals surface area contributed by atoms with Gasteiger partial charge in [0.1, 0.15) is 12.0 Å². The molecule has 8 nitrogen and oxygen atoms in total. The predicted octanol–water partition coefficient (Wildman–Crippen LogP) is 1.24. The van der Waals surface area contributed by atoms with Crippen molar-refractivity contribution in [2.75, 3.05) is 25.9 Å². The molecule has 1 atom stereocenters. The van der Waals surface area contributed by atoms with Crippen molar-refractivity contribution in [1.29, 1.82) is 0 Å². The third-order valence-electron chi connectivity index (χ3n) is 5.52. The van der Waals surface area contributed by atoms with E-state index < -0.39 is 22.7 Å². The second-order valence-electron chi connectivity index (χ2n) is 7.27. The van der Waals surface area contributed by atoms with Crippen molar-refractivity contribution in [1.82, 2.24) is 19.5 Å². The number of hydrogen-bond donors (Lipinski definition) is 2. The lowest BCUT2D eigenvalue weighted by Crippen LogP contribution is -2.57. The fraction of sp³-hybridized carbons (Fsp3) is 0.688. The molecule has 1 unspecified atom stereocenters. The minimum absolute atomic E-state index is 0.00828. The number of nitrogens with zero attached hydrogens (tertiary/aromatic N) is 3. The SMILES string of the molecule is CNC1c2cc[nH]c2N=CN1C1CC(CS(=O)(=O)N2CC(OC(F)F)C2)C1. The van der Waals surface area contributed by atoms with Crippen molar-refractivity contribution >= 4 is 22.2 Å². The minimum Gasteiger partial charge on any atom is -0.346 e. The van der Waals surface area contributed by atoms with E-state index in [0.717, 1.165) is 24.2 Å². The van der Waals surface area contributed by atoms with Gasteiger partial charge in [0.15, 0.2) is 0 Å². The molecule has 1 aromatic heterocycles. The van der Waals surface area contributed by atoms with E-state index >= 15 is 0 Å². The van der Waals surface area contributed by atoms with Gasteiger partial charge in [0.25, 0.3) is 0 Å². The van der Waals surface area contributed by atoms with Crippen LogP contribution in [0.2, 0.25) is 0 Å². The van der Waals surface area contributed by atoms with Gasteiger partial charge in [-0.05, 0) is 31.9 Å². The van der Waals surface area contributed by atoms with Crippen LogP contribution in [0.4, 0.5) is 14.6 Å². The normalized spacial score (nSPS) is 28.9. The Labute approximate surface area is 156 Å². The molecule has 0 bridgehead atoms. The highest BCUT2D eigenvalue weighted by atomic mass is 32.2. The van der Waals surface area contributed by atoms with Gasteiger partial charge in [-0.1, -0.05) is 0 Å². The highest BCUT2D eigenvalue weighted by Crippen LogP contribution is 2.39. The Morgan fingerprint density at radius 1 is 1.41 bits per heavy atom. The smallest absolute Gasteiger partial charge is 0.345 e. The molecule has 4 rings (SSSR count). The van der Waals surface area contributed by atoms with Gasteiger partial charge in [-0.25, -0.2) is 13.4 Å². The summed E-state index contributed by atoms with van der Waals surface area (Å²) >= 11 is 0. The second-order valence-corrected chi connectivity index (χ2v) is 9.28. The number of sulfonamides is 1. The van der Waals surface area contributed by atoms with Crippen LogP contribution in [0.3, 0.4) is 0 Å². The third kappa shape index (κ3) is 3.60. The quantitative estimate of drug-likeness (QED) is 0.715. The Bertz CT molecular complexity index is 803. The fourth-order valence-corrected chi connectivity index (χ4v) is 5.87. The molecule has 0 aromatic carbocycles. The first-order chi connectivity index (χ1) is 12.9. The molecule has 1 aliphatic carbocycles. The first-order valence-corrected chi connectivity index (χ1v) is 10.6. The van der Waals surface area contributed by atoms with E-state index in [1.165, 1.54) is 4.31 Å². The molecule has 11 heteroatoms. The van der Waals surface area contributed by atoms with Crippen molar-refractivity contribution in [2.24, 2.45) is 10.9 Å². The zero-order chi connectivity index (χ0) is 19.2. The van der Waals surface area contributed by atoms with Crippen LogP contribution in [-0.4, -0.2) is 73.6 Å².